The first kappa shape index (κ1) is 26.2. The van der Waals surface area contributed by atoms with Crippen LogP contribution < -0.4 is 0 Å². The van der Waals surface area contributed by atoms with Crippen molar-refractivity contribution in [3.63, 3.8) is 0 Å². The highest BCUT2D eigenvalue weighted by Crippen LogP contribution is 2.47. The summed E-state index contributed by atoms with van der Waals surface area (Å²) >= 11 is 1.67. The van der Waals surface area contributed by atoms with Gasteiger partial charge in [-0.15, -0.1) is 18.3 Å². The molecule has 1 unspecified atom stereocenters. The maximum absolute atomic E-state index is 13.1. The number of unbranched alkanes of at least 4 members (excludes halogenated alkanes) is 3. The molecular formula is C26H42O3SSi. The first-order valence-corrected chi connectivity index (χ1v) is 15.5. The van der Waals surface area contributed by atoms with Gasteiger partial charge in [0.15, 0.2) is 8.32 Å². The molecule has 0 aromatic heterocycles. The summed E-state index contributed by atoms with van der Waals surface area (Å²) in [6.07, 6.45) is 8.96. The Bertz CT molecular complexity index is 713. The second-order valence-corrected chi connectivity index (χ2v) is 16.7. The number of hydrogen-bond acceptors (Lipinski definition) is 4. The van der Waals surface area contributed by atoms with Crippen molar-refractivity contribution in [2.75, 3.05) is 0 Å². The topological polar surface area (TPSA) is 35.5 Å². The van der Waals surface area contributed by atoms with Crippen LogP contribution in [0, 0.1) is 0 Å². The summed E-state index contributed by atoms with van der Waals surface area (Å²) in [5.74, 6) is -0.0793. The van der Waals surface area contributed by atoms with Crippen molar-refractivity contribution in [2.45, 2.75) is 113 Å². The molecule has 1 aromatic rings. The van der Waals surface area contributed by atoms with Crippen LogP contribution in [0.1, 0.15) is 72.6 Å². The number of rotatable bonds is 12. The van der Waals surface area contributed by atoms with E-state index in [4.69, 9.17) is 9.16 Å². The van der Waals surface area contributed by atoms with E-state index in [0.29, 0.717) is 6.42 Å². The van der Waals surface area contributed by atoms with Gasteiger partial charge in [0, 0.05) is 17.4 Å². The van der Waals surface area contributed by atoms with Crippen molar-refractivity contribution in [1.29, 1.82) is 0 Å². The molecule has 1 aliphatic heterocycles. The number of thioether (sulfide) groups is 1. The number of benzene rings is 1. The molecule has 0 amide bonds. The molecule has 1 aromatic carbocycles. The van der Waals surface area contributed by atoms with Crippen LogP contribution >= 0.6 is 11.8 Å². The smallest absolute Gasteiger partial charge is 0.323 e. The summed E-state index contributed by atoms with van der Waals surface area (Å²) in [6, 6.07) is 10.2. The second-order valence-electron chi connectivity index (χ2n) is 10.5. The van der Waals surface area contributed by atoms with Crippen molar-refractivity contribution in [3.8, 4) is 0 Å². The van der Waals surface area contributed by atoms with Crippen molar-refractivity contribution in [1.82, 2.24) is 0 Å². The number of carbonyl (C=O) groups is 1. The number of hydrogen-bond donors (Lipinski definition) is 0. The average molecular weight is 463 g/mol. The van der Waals surface area contributed by atoms with Crippen molar-refractivity contribution < 1.29 is 14.0 Å². The number of cyclic esters (lactones) is 1. The first-order valence-electron chi connectivity index (χ1n) is 11.7. The quantitative estimate of drug-likeness (QED) is 0.137. The van der Waals surface area contributed by atoms with E-state index in [0.717, 1.165) is 30.6 Å². The van der Waals surface area contributed by atoms with E-state index in [9.17, 15) is 4.79 Å². The van der Waals surface area contributed by atoms with Gasteiger partial charge in [-0.05, 0) is 62.9 Å². The van der Waals surface area contributed by atoms with Crippen LogP contribution in [0.5, 0.6) is 0 Å². The number of allylic oxidation sites excluding steroid dienone is 1. The van der Waals surface area contributed by atoms with Gasteiger partial charge in [0.1, 0.15) is 10.9 Å². The lowest BCUT2D eigenvalue weighted by Crippen LogP contribution is -2.46. The summed E-state index contributed by atoms with van der Waals surface area (Å²) < 4.78 is 12.0. The van der Waals surface area contributed by atoms with Gasteiger partial charge in [-0.3, -0.25) is 4.79 Å². The Kier molecular flexibility index (Phi) is 9.47. The highest BCUT2D eigenvalue weighted by atomic mass is 32.2. The van der Waals surface area contributed by atoms with E-state index >= 15 is 0 Å². The molecule has 2 rings (SSSR count). The minimum Gasteiger partial charge on any atom is -0.462 e. The summed E-state index contributed by atoms with van der Waals surface area (Å²) in [6.45, 7) is 17.3. The van der Waals surface area contributed by atoms with Gasteiger partial charge in [0.2, 0.25) is 0 Å². The Labute approximate surface area is 195 Å². The molecule has 1 heterocycles. The molecule has 3 nitrogen and oxygen atoms in total. The van der Waals surface area contributed by atoms with Crippen LogP contribution in [-0.2, 0) is 14.0 Å². The molecule has 174 valence electrons. The van der Waals surface area contributed by atoms with E-state index in [1.807, 2.05) is 31.2 Å². The standard InChI is InChI=1S/C26H42O3SSi/c1-8-9-10-11-13-16-22(29-31(6,7)25(3,4)5)20-26(19-21(2)28-24(26)27)30-23-17-14-12-15-18-23/h8,12,14-15,17-18,21-22H,1,9-11,13,16,19-20H2,2-7H3/t21-,22+,26?/m0/s1. The van der Waals surface area contributed by atoms with Gasteiger partial charge < -0.3 is 9.16 Å². The van der Waals surface area contributed by atoms with Gasteiger partial charge in [0.05, 0.1) is 0 Å². The predicted octanol–water partition coefficient (Wildman–Crippen LogP) is 7.77. The van der Waals surface area contributed by atoms with Crippen LogP contribution in [0.15, 0.2) is 47.9 Å². The Balaban J connectivity index is 2.23. The highest BCUT2D eigenvalue weighted by Gasteiger charge is 2.51. The Morgan fingerprint density at radius 3 is 2.48 bits per heavy atom. The fourth-order valence-electron chi connectivity index (χ4n) is 3.89. The molecule has 1 saturated heterocycles. The minimum absolute atomic E-state index is 0.0511. The van der Waals surface area contributed by atoms with Gasteiger partial charge in [-0.25, -0.2) is 0 Å². The monoisotopic (exact) mass is 462 g/mol. The summed E-state index contributed by atoms with van der Waals surface area (Å²) in [4.78, 5) is 14.2. The molecule has 0 saturated carbocycles. The second kappa shape index (κ2) is 11.2. The number of esters is 1. The molecule has 0 N–H and O–H groups in total. The maximum Gasteiger partial charge on any atom is 0.323 e. The molecule has 0 bridgehead atoms. The van der Waals surface area contributed by atoms with Crippen LogP contribution in [-0.4, -0.2) is 31.2 Å². The summed E-state index contributed by atoms with van der Waals surface area (Å²) in [5, 5.41) is 0.136. The molecule has 31 heavy (non-hydrogen) atoms. The fraction of sp³-hybridized carbons (Fsp3) is 0.654. The van der Waals surface area contributed by atoms with E-state index in [1.54, 1.807) is 11.8 Å². The Hall–Kier alpha value is -1.04. The zero-order valence-corrected chi connectivity index (χ0v) is 22.2. The van der Waals surface area contributed by atoms with Gasteiger partial charge in [-0.1, -0.05) is 57.9 Å². The SMILES string of the molecule is C=CCCCCC[C@H](CC1(Sc2ccccc2)C[C@H](C)OC1=O)O[Si](C)(C)C(C)(C)C. The molecule has 0 spiro atoms. The van der Waals surface area contributed by atoms with E-state index < -0.39 is 13.1 Å². The molecule has 1 aliphatic rings. The van der Waals surface area contributed by atoms with E-state index in [2.05, 4.69) is 52.6 Å². The molecule has 1 fully saturated rings. The first-order chi connectivity index (χ1) is 14.5. The molecular weight excluding hydrogens is 420 g/mol. The van der Waals surface area contributed by atoms with E-state index in [1.165, 1.54) is 12.8 Å². The molecule has 0 radical (unpaired) electrons. The normalized spacial score (nSPS) is 22.9. The van der Waals surface area contributed by atoms with Gasteiger partial charge >= 0.3 is 5.97 Å². The third-order valence-electron chi connectivity index (χ3n) is 6.61. The minimum atomic E-state index is -1.96. The number of carbonyl (C=O) groups excluding carboxylic acids is 1. The number of ether oxygens (including phenoxy) is 1. The zero-order valence-electron chi connectivity index (χ0n) is 20.4. The molecule has 0 aliphatic carbocycles. The van der Waals surface area contributed by atoms with Crippen molar-refractivity contribution >= 4 is 26.0 Å². The Morgan fingerprint density at radius 1 is 1.26 bits per heavy atom. The van der Waals surface area contributed by atoms with Crippen molar-refractivity contribution in [2.24, 2.45) is 0 Å². The Morgan fingerprint density at radius 2 is 1.94 bits per heavy atom. The van der Waals surface area contributed by atoms with Crippen LogP contribution in [0.3, 0.4) is 0 Å². The zero-order chi connectivity index (χ0) is 23.1. The lowest BCUT2D eigenvalue weighted by molar-refractivity contribution is -0.143. The van der Waals surface area contributed by atoms with Crippen LogP contribution in [0.4, 0.5) is 0 Å². The van der Waals surface area contributed by atoms with Crippen LogP contribution in [0.25, 0.3) is 0 Å². The lowest BCUT2D eigenvalue weighted by atomic mass is 9.94. The maximum atomic E-state index is 13.1. The predicted molar refractivity (Wildman–Crippen MR) is 135 cm³/mol. The van der Waals surface area contributed by atoms with Crippen molar-refractivity contribution in [3.05, 3.63) is 43.0 Å². The molecule has 3 atom stereocenters. The lowest BCUT2D eigenvalue weighted by Gasteiger charge is -2.41. The highest BCUT2D eigenvalue weighted by molar-refractivity contribution is 8.01. The molecule has 5 heteroatoms. The third kappa shape index (κ3) is 7.50. The van der Waals surface area contributed by atoms with E-state index in [-0.39, 0.29) is 23.2 Å². The summed E-state index contributed by atoms with van der Waals surface area (Å²) in [5.41, 5.74) is 0. The van der Waals surface area contributed by atoms with Gasteiger partial charge in [0.25, 0.3) is 0 Å². The van der Waals surface area contributed by atoms with Crippen LogP contribution in [0.2, 0.25) is 18.1 Å². The summed E-state index contributed by atoms with van der Waals surface area (Å²) in [7, 11) is -1.96. The fourth-order valence-corrected chi connectivity index (χ4v) is 6.74. The largest absolute Gasteiger partial charge is 0.462 e. The average Bonchev–Trinajstić information content (AvgIpc) is 2.93. The third-order valence-corrected chi connectivity index (χ3v) is 12.5. The van der Waals surface area contributed by atoms with Gasteiger partial charge in [-0.2, -0.15) is 0 Å².